The van der Waals surface area contributed by atoms with Crippen molar-refractivity contribution in [2.24, 2.45) is 0 Å². The van der Waals surface area contributed by atoms with Gasteiger partial charge in [-0.3, -0.25) is 0 Å². The molecule has 0 aliphatic rings. The maximum absolute atomic E-state index is 12.9. The van der Waals surface area contributed by atoms with Crippen LogP contribution in [0.1, 0.15) is 31.7 Å². The van der Waals surface area contributed by atoms with Crippen LogP contribution in [0.15, 0.2) is 22.7 Å². The van der Waals surface area contributed by atoms with Gasteiger partial charge in [0.25, 0.3) is 0 Å². The second-order valence-electron chi connectivity index (χ2n) is 4.37. The zero-order valence-corrected chi connectivity index (χ0v) is 12.4. The van der Waals surface area contributed by atoms with Gasteiger partial charge in [-0.2, -0.15) is 13.2 Å². The van der Waals surface area contributed by atoms with Crippen molar-refractivity contribution in [3.63, 3.8) is 0 Å². The standard InChI is InChI=1S/C13H15BrF3NO2/c1-2-3-4-10(12(19)20)18-11-7-8(14)5-6-9(11)13(15,16)17/h5-7,10,18H,2-4H2,1H3,(H,19,20). The Bertz CT molecular complexity index is 477. The average molecular weight is 354 g/mol. The lowest BCUT2D eigenvalue weighted by atomic mass is 10.1. The highest BCUT2D eigenvalue weighted by Gasteiger charge is 2.34. The molecule has 0 aromatic heterocycles. The first-order valence-corrected chi connectivity index (χ1v) is 6.91. The van der Waals surface area contributed by atoms with Crippen molar-refractivity contribution < 1.29 is 23.1 Å². The molecule has 7 heteroatoms. The summed E-state index contributed by atoms with van der Waals surface area (Å²) in [7, 11) is 0. The third-order valence-corrected chi connectivity index (χ3v) is 3.25. The molecule has 0 radical (unpaired) electrons. The van der Waals surface area contributed by atoms with E-state index in [1.807, 2.05) is 6.92 Å². The lowest BCUT2D eigenvalue weighted by Gasteiger charge is -2.19. The number of hydrogen-bond donors (Lipinski definition) is 2. The highest BCUT2D eigenvalue weighted by atomic mass is 79.9. The van der Waals surface area contributed by atoms with E-state index >= 15 is 0 Å². The summed E-state index contributed by atoms with van der Waals surface area (Å²) in [5.74, 6) is -1.16. The van der Waals surface area contributed by atoms with Crippen LogP contribution in [0.3, 0.4) is 0 Å². The number of benzene rings is 1. The van der Waals surface area contributed by atoms with Crippen LogP contribution in [0.2, 0.25) is 0 Å². The fourth-order valence-electron chi connectivity index (χ4n) is 1.74. The number of alkyl halides is 3. The fourth-order valence-corrected chi connectivity index (χ4v) is 2.10. The van der Waals surface area contributed by atoms with E-state index in [0.29, 0.717) is 10.9 Å². The molecule has 0 heterocycles. The minimum Gasteiger partial charge on any atom is -0.480 e. The maximum Gasteiger partial charge on any atom is 0.418 e. The molecule has 0 saturated heterocycles. The smallest absolute Gasteiger partial charge is 0.418 e. The molecule has 0 aliphatic carbocycles. The van der Waals surface area contributed by atoms with E-state index < -0.39 is 23.8 Å². The van der Waals surface area contributed by atoms with Crippen molar-refractivity contribution in [2.75, 3.05) is 5.32 Å². The lowest BCUT2D eigenvalue weighted by Crippen LogP contribution is -2.30. The normalized spacial score (nSPS) is 13.1. The van der Waals surface area contributed by atoms with Crippen molar-refractivity contribution in [1.82, 2.24) is 0 Å². The molecule has 0 spiro atoms. The van der Waals surface area contributed by atoms with Gasteiger partial charge >= 0.3 is 12.1 Å². The van der Waals surface area contributed by atoms with Crippen LogP contribution < -0.4 is 5.32 Å². The molecule has 0 aliphatic heterocycles. The quantitative estimate of drug-likeness (QED) is 0.790. The van der Waals surface area contributed by atoms with Crippen LogP contribution in [0, 0.1) is 0 Å². The summed E-state index contributed by atoms with van der Waals surface area (Å²) in [6, 6.07) is 2.40. The van der Waals surface area contributed by atoms with E-state index in [4.69, 9.17) is 5.11 Å². The van der Waals surface area contributed by atoms with Gasteiger partial charge < -0.3 is 10.4 Å². The summed E-state index contributed by atoms with van der Waals surface area (Å²) >= 11 is 3.09. The predicted octanol–water partition coefficient (Wildman–Crippen LogP) is 4.52. The Morgan fingerprint density at radius 1 is 1.45 bits per heavy atom. The first-order valence-electron chi connectivity index (χ1n) is 6.11. The number of unbranched alkanes of at least 4 members (excludes halogenated alkanes) is 1. The number of aliphatic carboxylic acids is 1. The summed E-state index contributed by atoms with van der Waals surface area (Å²) in [6.45, 7) is 1.89. The number of hydrogen-bond acceptors (Lipinski definition) is 2. The first-order chi connectivity index (χ1) is 9.25. The number of carboxylic acid groups (broad SMARTS) is 1. The SMILES string of the molecule is CCCCC(Nc1cc(Br)ccc1C(F)(F)F)C(=O)O. The van der Waals surface area contributed by atoms with Gasteiger partial charge in [0.05, 0.1) is 5.56 Å². The Hall–Kier alpha value is -1.24. The van der Waals surface area contributed by atoms with Crippen molar-refractivity contribution in [2.45, 2.75) is 38.4 Å². The van der Waals surface area contributed by atoms with E-state index in [9.17, 15) is 18.0 Å². The molecule has 112 valence electrons. The van der Waals surface area contributed by atoms with E-state index in [1.165, 1.54) is 12.1 Å². The van der Waals surface area contributed by atoms with Crippen LogP contribution in [0.4, 0.5) is 18.9 Å². The number of nitrogens with one attached hydrogen (secondary N) is 1. The van der Waals surface area contributed by atoms with Crippen LogP contribution >= 0.6 is 15.9 Å². The fraction of sp³-hybridized carbons (Fsp3) is 0.462. The number of anilines is 1. The molecule has 2 N–H and O–H groups in total. The Morgan fingerprint density at radius 2 is 2.10 bits per heavy atom. The molecule has 1 rings (SSSR count). The first kappa shape index (κ1) is 16.8. The molecule has 3 nitrogen and oxygen atoms in total. The Kier molecular flexibility index (Phi) is 5.86. The Morgan fingerprint density at radius 3 is 2.60 bits per heavy atom. The summed E-state index contributed by atoms with van der Waals surface area (Å²) in [6.07, 6.45) is -2.86. The molecule has 1 unspecified atom stereocenters. The van der Waals surface area contributed by atoms with E-state index in [1.54, 1.807) is 0 Å². The second kappa shape index (κ2) is 6.97. The number of carboxylic acids is 1. The van der Waals surface area contributed by atoms with Gasteiger partial charge in [0.15, 0.2) is 0 Å². The van der Waals surface area contributed by atoms with Crippen molar-refractivity contribution >= 4 is 27.6 Å². The Labute approximate surface area is 123 Å². The van der Waals surface area contributed by atoms with E-state index in [0.717, 1.165) is 12.5 Å². The maximum atomic E-state index is 12.9. The van der Waals surface area contributed by atoms with Gasteiger partial charge in [-0.25, -0.2) is 4.79 Å². The molecule has 20 heavy (non-hydrogen) atoms. The monoisotopic (exact) mass is 353 g/mol. The van der Waals surface area contributed by atoms with Crippen LogP contribution in [0.5, 0.6) is 0 Å². The zero-order valence-electron chi connectivity index (χ0n) is 10.8. The summed E-state index contributed by atoms with van der Waals surface area (Å²) < 4.78 is 39.1. The average Bonchev–Trinajstić information content (AvgIpc) is 2.32. The third kappa shape index (κ3) is 4.70. The van der Waals surface area contributed by atoms with E-state index in [-0.39, 0.29) is 12.1 Å². The molecule has 0 fully saturated rings. The summed E-state index contributed by atoms with van der Waals surface area (Å²) in [4.78, 5) is 11.1. The molecular weight excluding hydrogens is 339 g/mol. The number of rotatable bonds is 6. The molecule has 1 atom stereocenters. The number of halogens is 4. The molecule has 0 amide bonds. The third-order valence-electron chi connectivity index (χ3n) is 2.76. The van der Waals surface area contributed by atoms with E-state index in [2.05, 4.69) is 21.2 Å². The summed E-state index contributed by atoms with van der Waals surface area (Å²) in [5.41, 5.74) is -1.10. The van der Waals surface area contributed by atoms with Gasteiger partial charge in [-0.1, -0.05) is 35.7 Å². The van der Waals surface area contributed by atoms with Crippen LogP contribution in [-0.4, -0.2) is 17.1 Å². The highest BCUT2D eigenvalue weighted by molar-refractivity contribution is 9.10. The van der Waals surface area contributed by atoms with Gasteiger partial charge in [0.1, 0.15) is 6.04 Å². The van der Waals surface area contributed by atoms with Crippen molar-refractivity contribution in [1.29, 1.82) is 0 Å². The van der Waals surface area contributed by atoms with Gasteiger partial charge in [0.2, 0.25) is 0 Å². The topological polar surface area (TPSA) is 49.3 Å². The minimum absolute atomic E-state index is 0.227. The zero-order chi connectivity index (χ0) is 15.3. The minimum atomic E-state index is -4.53. The predicted molar refractivity (Wildman–Crippen MR) is 73.7 cm³/mol. The highest BCUT2D eigenvalue weighted by Crippen LogP contribution is 2.36. The summed E-state index contributed by atoms with van der Waals surface area (Å²) in [5, 5.41) is 11.5. The van der Waals surface area contributed by atoms with Crippen molar-refractivity contribution in [3.8, 4) is 0 Å². The molecular formula is C13H15BrF3NO2. The Balaban J connectivity index is 3.04. The second-order valence-corrected chi connectivity index (χ2v) is 5.28. The van der Waals surface area contributed by atoms with Gasteiger partial charge in [-0.05, 0) is 24.6 Å². The molecule has 0 bridgehead atoms. The molecule has 1 aromatic carbocycles. The van der Waals surface area contributed by atoms with Crippen LogP contribution in [-0.2, 0) is 11.0 Å². The molecule has 0 saturated carbocycles. The van der Waals surface area contributed by atoms with Gasteiger partial charge in [0, 0.05) is 10.2 Å². The number of carbonyl (C=O) groups is 1. The lowest BCUT2D eigenvalue weighted by molar-refractivity contribution is -0.139. The van der Waals surface area contributed by atoms with Gasteiger partial charge in [-0.15, -0.1) is 0 Å². The van der Waals surface area contributed by atoms with Crippen LogP contribution in [0.25, 0.3) is 0 Å². The van der Waals surface area contributed by atoms with Crippen molar-refractivity contribution in [3.05, 3.63) is 28.2 Å². The molecule has 1 aromatic rings. The largest absolute Gasteiger partial charge is 0.480 e.